The van der Waals surface area contributed by atoms with E-state index in [1.54, 1.807) is 7.05 Å². The van der Waals surface area contributed by atoms with Crippen LogP contribution < -0.4 is 0 Å². The summed E-state index contributed by atoms with van der Waals surface area (Å²) >= 11 is 0. The molecule has 2 aliphatic rings. The lowest BCUT2D eigenvalue weighted by molar-refractivity contribution is -0.130. The standard InChI is InChI=1S/C15H21N5O2/c1-11-8-16-19(9-11)10-12-4-3-7-20(12)15(22)13-5-6-14(21)18(2)17-13/h8-9,12H,3-7,10H2,1-2H3/t12-/m1/s1. The Balaban J connectivity index is 1.71. The van der Waals surface area contributed by atoms with Crippen LogP contribution in [0.2, 0.25) is 0 Å². The first-order chi connectivity index (χ1) is 10.5. The maximum atomic E-state index is 12.7. The van der Waals surface area contributed by atoms with Crippen molar-refractivity contribution in [2.75, 3.05) is 13.6 Å². The van der Waals surface area contributed by atoms with E-state index in [-0.39, 0.29) is 17.9 Å². The smallest absolute Gasteiger partial charge is 0.270 e. The second kappa shape index (κ2) is 5.90. The van der Waals surface area contributed by atoms with E-state index in [1.807, 2.05) is 28.9 Å². The molecule has 2 aliphatic heterocycles. The lowest BCUT2D eigenvalue weighted by Gasteiger charge is -2.27. The Morgan fingerprint density at radius 1 is 1.41 bits per heavy atom. The molecule has 7 heteroatoms. The Morgan fingerprint density at radius 2 is 2.23 bits per heavy atom. The van der Waals surface area contributed by atoms with Crippen molar-refractivity contribution in [3.05, 3.63) is 18.0 Å². The van der Waals surface area contributed by atoms with Gasteiger partial charge in [-0.25, -0.2) is 5.01 Å². The molecule has 2 amide bonds. The minimum Gasteiger partial charge on any atom is -0.333 e. The van der Waals surface area contributed by atoms with Gasteiger partial charge < -0.3 is 4.90 Å². The predicted octanol–water partition coefficient (Wildman–Crippen LogP) is 0.791. The van der Waals surface area contributed by atoms with Gasteiger partial charge in [0.2, 0.25) is 5.91 Å². The minimum atomic E-state index is -0.0402. The topological polar surface area (TPSA) is 70.8 Å². The molecule has 0 radical (unpaired) electrons. The number of aromatic nitrogens is 2. The van der Waals surface area contributed by atoms with Gasteiger partial charge in [0.1, 0.15) is 5.71 Å². The highest BCUT2D eigenvalue weighted by Crippen LogP contribution is 2.21. The van der Waals surface area contributed by atoms with E-state index in [9.17, 15) is 9.59 Å². The second-order valence-electron chi connectivity index (χ2n) is 6.00. The second-order valence-corrected chi connectivity index (χ2v) is 6.00. The summed E-state index contributed by atoms with van der Waals surface area (Å²) in [4.78, 5) is 26.0. The number of aryl methyl sites for hydroxylation is 1. The molecular weight excluding hydrogens is 282 g/mol. The molecule has 1 aromatic heterocycles. The summed E-state index contributed by atoms with van der Waals surface area (Å²) in [5.74, 6) is -0.0766. The van der Waals surface area contributed by atoms with Crippen molar-refractivity contribution in [3.63, 3.8) is 0 Å². The predicted molar refractivity (Wildman–Crippen MR) is 81.1 cm³/mol. The number of carbonyl (C=O) groups is 2. The zero-order valence-corrected chi connectivity index (χ0v) is 13.0. The van der Waals surface area contributed by atoms with Crippen LogP contribution in [0.15, 0.2) is 17.5 Å². The summed E-state index contributed by atoms with van der Waals surface area (Å²) < 4.78 is 1.89. The number of hydrogen-bond acceptors (Lipinski definition) is 4. The van der Waals surface area contributed by atoms with Gasteiger partial charge in [0.15, 0.2) is 0 Å². The van der Waals surface area contributed by atoms with E-state index in [0.29, 0.717) is 25.1 Å². The van der Waals surface area contributed by atoms with Crippen LogP contribution in [-0.4, -0.2) is 56.8 Å². The average Bonchev–Trinajstić information content (AvgIpc) is 3.11. The molecule has 1 fully saturated rings. The van der Waals surface area contributed by atoms with Crippen LogP contribution in [0.5, 0.6) is 0 Å². The molecule has 118 valence electrons. The molecular formula is C15H21N5O2. The van der Waals surface area contributed by atoms with Crippen LogP contribution in [0, 0.1) is 6.92 Å². The molecule has 3 rings (SSSR count). The maximum absolute atomic E-state index is 12.7. The fraction of sp³-hybridized carbons (Fsp3) is 0.600. The third kappa shape index (κ3) is 2.88. The van der Waals surface area contributed by atoms with Crippen molar-refractivity contribution >= 4 is 17.5 Å². The molecule has 1 aromatic rings. The fourth-order valence-electron chi connectivity index (χ4n) is 3.07. The Hall–Kier alpha value is -2.18. The summed E-state index contributed by atoms with van der Waals surface area (Å²) in [5.41, 5.74) is 1.61. The number of likely N-dealkylation sites (tertiary alicyclic amines) is 1. The average molecular weight is 303 g/mol. The zero-order valence-electron chi connectivity index (χ0n) is 13.0. The highest BCUT2D eigenvalue weighted by Gasteiger charge is 2.33. The summed E-state index contributed by atoms with van der Waals surface area (Å²) in [6.07, 6.45) is 6.59. The van der Waals surface area contributed by atoms with Gasteiger partial charge >= 0.3 is 0 Å². The molecule has 0 unspecified atom stereocenters. The van der Waals surface area contributed by atoms with E-state index < -0.39 is 0 Å². The third-order valence-electron chi connectivity index (χ3n) is 4.25. The summed E-state index contributed by atoms with van der Waals surface area (Å²) in [7, 11) is 1.60. The SMILES string of the molecule is Cc1cnn(C[C@H]2CCCN2C(=O)C2=NN(C)C(=O)CC2)c1. The van der Waals surface area contributed by atoms with E-state index in [4.69, 9.17) is 0 Å². The lowest BCUT2D eigenvalue weighted by atomic mass is 10.1. The van der Waals surface area contributed by atoms with Crippen molar-refractivity contribution in [2.45, 2.75) is 45.2 Å². The monoisotopic (exact) mass is 303 g/mol. The first-order valence-electron chi connectivity index (χ1n) is 7.68. The van der Waals surface area contributed by atoms with E-state index in [1.165, 1.54) is 5.01 Å². The highest BCUT2D eigenvalue weighted by molar-refractivity contribution is 6.39. The molecule has 22 heavy (non-hydrogen) atoms. The van der Waals surface area contributed by atoms with Gasteiger partial charge in [0.05, 0.1) is 18.8 Å². The van der Waals surface area contributed by atoms with Gasteiger partial charge in [0.25, 0.3) is 5.91 Å². The van der Waals surface area contributed by atoms with Gasteiger partial charge in [0, 0.05) is 32.6 Å². The van der Waals surface area contributed by atoms with Gasteiger partial charge in [-0.3, -0.25) is 14.3 Å². The Labute approximate surface area is 129 Å². The van der Waals surface area contributed by atoms with Gasteiger partial charge in [-0.1, -0.05) is 0 Å². The molecule has 0 bridgehead atoms. The first kappa shape index (κ1) is 14.7. The Morgan fingerprint density at radius 3 is 2.91 bits per heavy atom. The van der Waals surface area contributed by atoms with Crippen LogP contribution in [0.4, 0.5) is 0 Å². The van der Waals surface area contributed by atoms with Crippen molar-refractivity contribution in [1.29, 1.82) is 0 Å². The van der Waals surface area contributed by atoms with Crippen LogP contribution in [-0.2, 0) is 16.1 Å². The first-order valence-corrected chi connectivity index (χ1v) is 7.68. The zero-order chi connectivity index (χ0) is 15.7. The van der Waals surface area contributed by atoms with Crippen LogP contribution in [0.1, 0.15) is 31.2 Å². The van der Waals surface area contributed by atoms with E-state index >= 15 is 0 Å². The van der Waals surface area contributed by atoms with Gasteiger partial charge in [-0.15, -0.1) is 0 Å². The Kier molecular flexibility index (Phi) is 3.96. The molecule has 1 saturated heterocycles. The Bertz CT molecular complexity index is 621. The van der Waals surface area contributed by atoms with Crippen molar-refractivity contribution in [3.8, 4) is 0 Å². The molecule has 0 saturated carbocycles. The van der Waals surface area contributed by atoms with Crippen LogP contribution >= 0.6 is 0 Å². The van der Waals surface area contributed by atoms with Crippen molar-refractivity contribution < 1.29 is 9.59 Å². The van der Waals surface area contributed by atoms with Crippen molar-refractivity contribution in [1.82, 2.24) is 19.7 Å². The molecule has 0 aliphatic carbocycles. The van der Waals surface area contributed by atoms with Crippen LogP contribution in [0.25, 0.3) is 0 Å². The van der Waals surface area contributed by atoms with E-state index in [2.05, 4.69) is 10.2 Å². The number of hydrazone groups is 1. The molecule has 7 nitrogen and oxygen atoms in total. The quantitative estimate of drug-likeness (QED) is 0.829. The van der Waals surface area contributed by atoms with E-state index in [0.717, 1.165) is 24.9 Å². The normalized spacial score (nSPS) is 22.2. The van der Waals surface area contributed by atoms with Gasteiger partial charge in [-0.05, 0) is 25.3 Å². The summed E-state index contributed by atoms with van der Waals surface area (Å²) in [6, 6.07) is 0.150. The molecule has 1 atom stereocenters. The molecule has 0 spiro atoms. The van der Waals surface area contributed by atoms with Gasteiger partial charge in [-0.2, -0.15) is 10.2 Å². The number of rotatable bonds is 3. The number of hydrogen-bond donors (Lipinski definition) is 0. The molecule has 0 aromatic carbocycles. The summed E-state index contributed by atoms with van der Waals surface area (Å²) in [5, 5.41) is 9.72. The third-order valence-corrected chi connectivity index (χ3v) is 4.25. The fourth-order valence-corrected chi connectivity index (χ4v) is 3.07. The minimum absolute atomic E-state index is 0.0364. The highest BCUT2D eigenvalue weighted by atomic mass is 16.2. The summed E-state index contributed by atoms with van der Waals surface area (Å²) in [6.45, 7) is 3.47. The number of nitrogens with zero attached hydrogens (tertiary/aromatic N) is 5. The molecule has 0 N–H and O–H groups in total. The van der Waals surface area contributed by atoms with Crippen LogP contribution in [0.3, 0.4) is 0 Å². The van der Waals surface area contributed by atoms with Crippen molar-refractivity contribution in [2.24, 2.45) is 5.10 Å². The molecule has 3 heterocycles. The largest absolute Gasteiger partial charge is 0.333 e. The lowest BCUT2D eigenvalue weighted by Crippen LogP contribution is -2.44. The maximum Gasteiger partial charge on any atom is 0.270 e. The number of amides is 2. The number of carbonyl (C=O) groups excluding carboxylic acids is 2.